The summed E-state index contributed by atoms with van der Waals surface area (Å²) in [5, 5.41) is 6.14. The van der Waals surface area contributed by atoms with Crippen molar-refractivity contribution in [2.75, 3.05) is 23.3 Å². The minimum Gasteiger partial charge on any atom is -0.376 e. The van der Waals surface area contributed by atoms with Crippen molar-refractivity contribution in [3.05, 3.63) is 60.2 Å². The number of carbonyl (C=O) groups is 2. The zero-order valence-corrected chi connectivity index (χ0v) is 16.6. The second-order valence-corrected chi connectivity index (χ2v) is 7.10. The predicted molar refractivity (Wildman–Crippen MR) is 111 cm³/mol. The Morgan fingerprint density at radius 2 is 1.59 bits per heavy atom. The highest BCUT2D eigenvalue weighted by atomic mass is 16.2. The molecule has 2 aromatic carbocycles. The fourth-order valence-electron chi connectivity index (χ4n) is 2.59. The van der Waals surface area contributed by atoms with Crippen molar-refractivity contribution in [3.8, 4) is 0 Å². The minimum atomic E-state index is -0.235. The fraction of sp³-hybridized carbons (Fsp3) is 0.364. The summed E-state index contributed by atoms with van der Waals surface area (Å²) in [5.74, 6) is -0.0964. The van der Waals surface area contributed by atoms with Gasteiger partial charge in [-0.3, -0.25) is 9.59 Å². The third kappa shape index (κ3) is 5.84. The van der Waals surface area contributed by atoms with Crippen LogP contribution in [0.15, 0.2) is 54.6 Å². The highest BCUT2D eigenvalue weighted by molar-refractivity contribution is 5.96. The summed E-state index contributed by atoms with van der Waals surface area (Å²) in [6.07, 6.45) is 0.857. The SMILES string of the molecule is CCN(C(=O)CNc1ccc(C(=O)NC(C)(C)CC)cc1)c1ccccc1. The summed E-state index contributed by atoms with van der Waals surface area (Å²) < 4.78 is 0. The van der Waals surface area contributed by atoms with Crippen LogP contribution >= 0.6 is 0 Å². The van der Waals surface area contributed by atoms with Crippen molar-refractivity contribution in [2.45, 2.75) is 39.7 Å². The van der Waals surface area contributed by atoms with E-state index in [1.54, 1.807) is 17.0 Å². The van der Waals surface area contributed by atoms with E-state index in [0.29, 0.717) is 12.1 Å². The lowest BCUT2D eigenvalue weighted by atomic mass is 10.0. The zero-order chi connectivity index (χ0) is 19.9. The number of amides is 2. The predicted octanol–water partition coefficient (Wildman–Crippen LogP) is 4.07. The van der Waals surface area contributed by atoms with E-state index in [9.17, 15) is 9.59 Å². The molecule has 2 amide bonds. The van der Waals surface area contributed by atoms with Gasteiger partial charge in [-0.2, -0.15) is 0 Å². The number of rotatable bonds is 8. The van der Waals surface area contributed by atoms with Crippen LogP contribution in [-0.2, 0) is 4.79 Å². The summed E-state index contributed by atoms with van der Waals surface area (Å²) in [6, 6.07) is 16.8. The first-order chi connectivity index (χ1) is 12.9. The summed E-state index contributed by atoms with van der Waals surface area (Å²) in [4.78, 5) is 26.5. The van der Waals surface area contributed by atoms with E-state index in [-0.39, 0.29) is 23.9 Å². The molecule has 2 N–H and O–H groups in total. The number of hydrogen-bond donors (Lipinski definition) is 2. The van der Waals surface area contributed by atoms with E-state index in [4.69, 9.17) is 0 Å². The third-order valence-electron chi connectivity index (χ3n) is 4.61. The van der Waals surface area contributed by atoms with Crippen LogP contribution in [-0.4, -0.2) is 30.4 Å². The monoisotopic (exact) mass is 367 g/mol. The molecule has 0 fully saturated rings. The van der Waals surface area contributed by atoms with E-state index in [2.05, 4.69) is 10.6 Å². The van der Waals surface area contributed by atoms with Gasteiger partial charge >= 0.3 is 0 Å². The Kier molecular flexibility index (Phi) is 6.99. The number of benzene rings is 2. The molecular formula is C22H29N3O2. The Morgan fingerprint density at radius 1 is 0.963 bits per heavy atom. The molecule has 0 aliphatic heterocycles. The summed E-state index contributed by atoms with van der Waals surface area (Å²) in [5.41, 5.74) is 2.06. The average Bonchev–Trinajstić information content (AvgIpc) is 2.68. The number of likely N-dealkylation sites (N-methyl/N-ethyl adjacent to an activating group) is 1. The molecule has 2 aromatic rings. The van der Waals surface area contributed by atoms with Gasteiger partial charge in [0.05, 0.1) is 6.54 Å². The number of para-hydroxylation sites is 1. The molecule has 0 unspecified atom stereocenters. The maximum absolute atomic E-state index is 12.5. The molecule has 0 heterocycles. The lowest BCUT2D eigenvalue weighted by Crippen LogP contribution is -2.42. The van der Waals surface area contributed by atoms with Gasteiger partial charge in [0, 0.05) is 29.0 Å². The average molecular weight is 367 g/mol. The van der Waals surface area contributed by atoms with Crippen LogP contribution in [0.5, 0.6) is 0 Å². The second kappa shape index (κ2) is 9.21. The van der Waals surface area contributed by atoms with E-state index >= 15 is 0 Å². The van der Waals surface area contributed by atoms with Gasteiger partial charge in [0.25, 0.3) is 5.91 Å². The van der Waals surface area contributed by atoms with Crippen molar-refractivity contribution in [1.29, 1.82) is 0 Å². The lowest BCUT2D eigenvalue weighted by Gasteiger charge is -2.24. The molecule has 0 aromatic heterocycles. The van der Waals surface area contributed by atoms with Crippen LogP contribution in [0.2, 0.25) is 0 Å². The molecule has 0 saturated heterocycles. The Labute approximate surface area is 161 Å². The van der Waals surface area contributed by atoms with Gasteiger partial charge in [0.15, 0.2) is 0 Å². The number of hydrogen-bond acceptors (Lipinski definition) is 3. The van der Waals surface area contributed by atoms with Crippen LogP contribution in [0.4, 0.5) is 11.4 Å². The van der Waals surface area contributed by atoms with E-state index < -0.39 is 0 Å². The molecule has 2 rings (SSSR count). The lowest BCUT2D eigenvalue weighted by molar-refractivity contribution is -0.116. The topological polar surface area (TPSA) is 61.4 Å². The first-order valence-corrected chi connectivity index (χ1v) is 9.38. The Balaban J connectivity index is 1.94. The van der Waals surface area contributed by atoms with Crippen LogP contribution in [0.25, 0.3) is 0 Å². The molecule has 144 valence electrons. The van der Waals surface area contributed by atoms with Crippen molar-refractivity contribution < 1.29 is 9.59 Å². The molecule has 0 aliphatic rings. The first kappa shape index (κ1) is 20.5. The van der Waals surface area contributed by atoms with E-state index in [1.807, 2.05) is 70.2 Å². The molecule has 0 spiro atoms. The Hall–Kier alpha value is -2.82. The summed E-state index contributed by atoms with van der Waals surface area (Å²) >= 11 is 0. The number of nitrogens with zero attached hydrogens (tertiary/aromatic N) is 1. The molecule has 0 atom stereocenters. The first-order valence-electron chi connectivity index (χ1n) is 9.38. The molecule has 0 bridgehead atoms. The molecular weight excluding hydrogens is 338 g/mol. The zero-order valence-electron chi connectivity index (χ0n) is 16.6. The Morgan fingerprint density at radius 3 is 2.15 bits per heavy atom. The van der Waals surface area contributed by atoms with Gasteiger partial charge in [0.2, 0.25) is 5.91 Å². The van der Waals surface area contributed by atoms with Gasteiger partial charge in [-0.05, 0) is 63.6 Å². The van der Waals surface area contributed by atoms with Crippen LogP contribution in [0.3, 0.4) is 0 Å². The molecule has 5 nitrogen and oxygen atoms in total. The van der Waals surface area contributed by atoms with E-state index in [0.717, 1.165) is 17.8 Å². The smallest absolute Gasteiger partial charge is 0.251 e. The molecule has 5 heteroatoms. The molecule has 0 radical (unpaired) electrons. The maximum atomic E-state index is 12.5. The van der Waals surface area contributed by atoms with E-state index in [1.165, 1.54) is 0 Å². The fourth-order valence-corrected chi connectivity index (χ4v) is 2.59. The normalized spacial score (nSPS) is 11.0. The Bertz CT molecular complexity index is 755. The van der Waals surface area contributed by atoms with Gasteiger partial charge in [-0.15, -0.1) is 0 Å². The van der Waals surface area contributed by atoms with Crippen LogP contribution in [0, 0.1) is 0 Å². The summed E-state index contributed by atoms with van der Waals surface area (Å²) in [7, 11) is 0. The maximum Gasteiger partial charge on any atom is 0.251 e. The van der Waals surface area contributed by atoms with Crippen LogP contribution < -0.4 is 15.5 Å². The minimum absolute atomic E-state index is 0.00443. The number of anilines is 2. The highest BCUT2D eigenvalue weighted by Crippen LogP contribution is 2.15. The van der Waals surface area contributed by atoms with Crippen molar-refractivity contribution in [2.24, 2.45) is 0 Å². The summed E-state index contributed by atoms with van der Waals surface area (Å²) in [6.45, 7) is 8.79. The molecule has 0 saturated carbocycles. The number of nitrogens with one attached hydrogen (secondary N) is 2. The third-order valence-corrected chi connectivity index (χ3v) is 4.61. The van der Waals surface area contributed by atoms with Crippen molar-refractivity contribution >= 4 is 23.2 Å². The van der Waals surface area contributed by atoms with Gasteiger partial charge in [-0.25, -0.2) is 0 Å². The quantitative estimate of drug-likeness (QED) is 0.739. The highest BCUT2D eigenvalue weighted by Gasteiger charge is 2.18. The van der Waals surface area contributed by atoms with Gasteiger partial charge in [0.1, 0.15) is 0 Å². The van der Waals surface area contributed by atoms with Crippen molar-refractivity contribution in [3.63, 3.8) is 0 Å². The standard InChI is InChI=1S/C22H29N3O2/c1-5-22(3,4)24-21(27)17-12-14-18(15-13-17)23-16-20(26)25(6-2)19-10-8-7-9-11-19/h7-15,23H,5-6,16H2,1-4H3,(H,24,27). The van der Waals surface area contributed by atoms with Crippen LogP contribution in [0.1, 0.15) is 44.5 Å². The number of carbonyl (C=O) groups excluding carboxylic acids is 2. The molecule has 27 heavy (non-hydrogen) atoms. The largest absolute Gasteiger partial charge is 0.376 e. The van der Waals surface area contributed by atoms with Gasteiger partial charge in [-0.1, -0.05) is 25.1 Å². The van der Waals surface area contributed by atoms with Gasteiger partial charge < -0.3 is 15.5 Å². The second-order valence-electron chi connectivity index (χ2n) is 7.10. The molecule has 0 aliphatic carbocycles. The van der Waals surface area contributed by atoms with Crippen molar-refractivity contribution in [1.82, 2.24) is 5.32 Å².